The Morgan fingerprint density at radius 2 is 2.09 bits per heavy atom. The fourth-order valence-corrected chi connectivity index (χ4v) is 3.74. The first-order chi connectivity index (χ1) is 10.8. The highest BCUT2D eigenvalue weighted by molar-refractivity contribution is 7.89. The summed E-state index contributed by atoms with van der Waals surface area (Å²) < 4.78 is 30.9. The molecule has 0 spiro atoms. The first-order valence-corrected chi connectivity index (χ1v) is 9.51. The SMILES string of the molecule is CCCc1nc(C)cc(N[C@@H]2COC[C@H]2CS(=O)(=O)N(C)C)n1. The summed E-state index contributed by atoms with van der Waals surface area (Å²) in [5.74, 6) is 1.53. The van der Waals surface area contributed by atoms with Crippen molar-refractivity contribution in [2.45, 2.75) is 32.7 Å². The molecule has 1 aliphatic heterocycles. The number of hydrogen-bond donors (Lipinski definition) is 1. The molecular weight excluding hydrogens is 316 g/mol. The summed E-state index contributed by atoms with van der Waals surface area (Å²) in [6.45, 7) is 4.95. The van der Waals surface area contributed by atoms with Gasteiger partial charge >= 0.3 is 0 Å². The van der Waals surface area contributed by atoms with Crippen molar-refractivity contribution in [1.82, 2.24) is 14.3 Å². The van der Waals surface area contributed by atoms with Crippen LogP contribution in [0.5, 0.6) is 0 Å². The molecule has 0 bridgehead atoms. The number of anilines is 1. The van der Waals surface area contributed by atoms with Crippen LogP contribution in [0.25, 0.3) is 0 Å². The smallest absolute Gasteiger partial charge is 0.214 e. The number of hydrogen-bond acceptors (Lipinski definition) is 6. The average Bonchev–Trinajstić information content (AvgIpc) is 2.84. The van der Waals surface area contributed by atoms with Gasteiger partial charge < -0.3 is 10.1 Å². The van der Waals surface area contributed by atoms with Crippen LogP contribution in [0, 0.1) is 12.8 Å². The van der Waals surface area contributed by atoms with E-state index < -0.39 is 10.0 Å². The first-order valence-electron chi connectivity index (χ1n) is 7.91. The Morgan fingerprint density at radius 3 is 2.74 bits per heavy atom. The number of nitrogens with zero attached hydrogens (tertiary/aromatic N) is 3. The van der Waals surface area contributed by atoms with Crippen LogP contribution >= 0.6 is 0 Å². The molecule has 1 saturated heterocycles. The van der Waals surface area contributed by atoms with E-state index in [9.17, 15) is 8.42 Å². The predicted octanol–water partition coefficient (Wildman–Crippen LogP) is 1.06. The molecule has 2 heterocycles. The van der Waals surface area contributed by atoms with Gasteiger partial charge in [0.05, 0.1) is 25.0 Å². The zero-order valence-electron chi connectivity index (χ0n) is 14.2. The summed E-state index contributed by atoms with van der Waals surface area (Å²) in [5.41, 5.74) is 0.905. The van der Waals surface area contributed by atoms with Gasteiger partial charge in [0, 0.05) is 38.2 Å². The van der Waals surface area contributed by atoms with Crippen molar-refractivity contribution < 1.29 is 13.2 Å². The Kier molecular flexibility index (Phi) is 5.94. The minimum Gasteiger partial charge on any atom is -0.379 e. The molecule has 0 amide bonds. The Labute approximate surface area is 138 Å². The van der Waals surface area contributed by atoms with Crippen LogP contribution in [0.2, 0.25) is 0 Å². The van der Waals surface area contributed by atoms with Crippen molar-refractivity contribution in [3.8, 4) is 0 Å². The van der Waals surface area contributed by atoms with Gasteiger partial charge in [-0.2, -0.15) is 0 Å². The molecule has 1 fully saturated rings. The lowest BCUT2D eigenvalue weighted by atomic mass is 10.1. The second-order valence-corrected chi connectivity index (χ2v) is 8.40. The summed E-state index contributed by atoms with van der Waals surface area (Å²) in [7, 11) is -0.143. The molecule has 2 atom stereocenters. The minimum absolute atomic E-state index is 0.0616. The molecule has 0 saturated carbocycles. The van der Waals surface area contributed by atoms with Crippen LogP contribution < -0.4 is 5.32 Å². The maximum absolute atomic E-state index is 12.1. The topological polar surface area (TPSA) is 84.4 Å². The molecule has 23 heavy (non-hydrogen) atoms. The van der Waals surface area contributed by atoms with Gasteiger partial charge in [0.1, 0.15) is 11.6 Å². The van der Waals surface area contributed by atoms with Gasteiger partial charge in [-0.3, -0.25) is 0 Å². The molecule has 130 valence electrons. The third-order valence-electron chi connectivity index (χ3n) is 3.89. The highest BCUT2D eigenvalue weighted by atomic mass is 32.2. The minimum atomic E-state index is -3.25. The van der Waals surface area contributed by atoms with Gasteiger partial charge in [0.25, 0.3) is 0 Å². The molecule has 0 aromatic carbocycles. The van der Waals surface area contributed by atoms with E-state index in [4.69, 9.17) is 4.74 Å². The lowest BCUT2D eigenvalue weighted by Gasteiger charge is -2.21. The Balaban J connectivity index is 2.09. The third kappa shape index (κ3) is 4.86. The number of aromatic nitrogens is 2. The van der Waals surface area contributed by atoms with Crippen molar-refractivity contribution in [3.05, 3.63) is 17.6 Å². The zero-order valence-corrected chi connectivity index (χ0v) is 15.1. The lowest BCUT2D eigenvalue weighted by Crippen LogP contribution is -2.37. The van der Waals surface area contributed by atoms with Crippen LogP contribution in [0.3, 0.4) is 0 Å². The number of nitrogens with one attached hydrogen (secondary N) is 1. The molecule has 2 rings (SSSR count). The van der Waals surface area contributed by atoms with Gasteiger partial charge in [-0.05, 0) is 13.3 Å². The van der Waals surface area contributed by atoms with Crippen LogP contribution in [-0.4, -0.2) is 61.8 Å². The molecule has 1 aliphatic rings. The number of aryl methyl sites for hydroxylation is 2. The standard InChI is InChI=1S/C15H26N4O3S/c1-5-6-14-16-11(2)7-15(18-14)17-13-9-22-8-12(13)10-23(20,21)19(3)4/h7,12-13H,5-6,8-10H2,1-4H3,(H,16,17,18)/t12-,13+/m0/s1. The van der Waals surface area contributed by atoms with E-state index in [0.29, 0.717) is 13.2 Å². The Morgan fingerprint density at radius 1 is 1.35 bits per heavy atom. The van der Waals surface area contributed by atoms with Gasteiger partial charge in [0.2, 0.25) is 10.0 Å². The van der Waals surface area contributed by atoms with Crippen molar-refractivity contribution in [2.75, 3.05) is 38.4 Å². The van der Waals surface area contributed by atoms with Crippen molar-refractivity contribution in [3.63, 3.8) is 0 Å². The fraction of sp³-hybridized carbons (Fsp3) is 0.733. The average molecular weight is 342 g/mol. The maximum atomic E-state index is 12.1. The second kappa shape index (κ2) is 7.55. The van der Waals surface area contributed by atoms with Gasteiger partial charge in [-0.25, -0.2) is 22.7 Å². The highest BCUT2D eigenvalue weighted by Gasteiger charge is 2.33. The van der Waals surface area contributed by atoms with E-state index in [0.717, 1.165) is 30.2 Å². The summed E-state index contributed by atoms with van der Waals surface area (Å²) in [5, 5.41) is 3.33. The summed E-state index contributed by atoms with van der Waals surface area (Å²) >= 11 is 0. The molecule has 8 heteroatoms. The first kappa shape index (κ1) is 18.1. The highest BCUT2D eigenvalue weighted by Crippen LogP contribution is 2.21. The quantitative estimate of drug-likeness (QED) is 0.797. The van der Waals surface area contributed by atoms with Crippen LogP contribution in [0.15, 0.2) is 6.07 Å². The molecule has 1 N–H and O–H groups in total. The van der Waals surface area contributed by atoms with E-state index in [1.807, 2.05) is 13.0 Å². The van der Waals surface area contributed by atoms with Crippen LogP contribution in [0.1, 0.15) is 24.9 Å². The van der Waals surface area contributed by atoms with E-state index in [-0.39, 0.29) is 17.7 Å². The number of sulfonamides is 1. The Hall–Kier alpha value is -1.25. The van der Waals surface area contributed by atoms with Gasteiger partial charge in [-0.1, -0.05) is 6.92 Å². The second-order valence-electron chi connectivity index (χ2n) is 6.17. The Bertz CT molecular complexity index is 634. The largest absolute Gasteiger partial charge is 0.379 e. The third-order valence-corrected chi connectivity index (χ3v) is 5.85. The molecule has 1 aromatic rings. The fourth-order valence-electron chi connectivity index (χ4n) is 2.57. The van der Waals surface area contributed by atoms with E-state index in [2.05, 4.69) is 22.2 Å². The van der Waals surface area contributed by atoms with Crippen molar-refractivity contribution >= 4 is 15.8 Å². The molecule has 1 aromatic heterocycles. The van der Waals surface area contributed by atoms with Crippen LogP contribution in [0.4, 0.5) is 5.82 Å². The normalized spacial score (nSPS) is 21.8. The van der Waals surface area contributed by atoms with Crippen molar-refractivity contribution in [1.29, 1.82) is 0 Å². The molecule has 7 nitrogen and oxygen atoms in total. The van der Waals surface area contributed by atoms with Gasteiger partial charge in [-0.15, -0.1) is 0 Å². The lowest BCUT2D eigenvalue weighted by molar-refractivity contribution is 0.187. The summed E-state index contributed by atoms with van der Waals surface area (Å²) in [6.07, 6.45) is 1.81. The maximum Gasteiger partial charge on any atom is 0.214 e. The summed E-state index contributed by atoms with van der Waals surface area (Å²) in [4.78, 5) is 8.93. The van der Waals surface area contributed by atoms with Crippen LogP contribution in [-0.2, 0) is 21.2 Å². The predicted molar refractivity (Wildman–Crippen MR) is 90.0 cm³/mol. The molecule has 0 unspecified atom stereocenters. The van der Waals surface area contributed by atoms with Gasteiger partial charge in [0.15, 0.2) is 0 Å². The number of rotatable bonds is 7. The van der Waals surface area contributed by atoms with Crippen molar-refractivity contribution in [2.24, 2.45) is 5.92 Å². The summed E-state index contributed by atoms with van der Waals surface area (Å²) in [6, 6.07) is 1.82. The molecule has 0 aliphatic carbocycles. The van der Waals surface area contributed by atoms with E-state index >= 15 is 0 Å². The van der Waals surface area contributed by atoms with E-state index in [1.165, 1.54) is 4.31 Å². The monoisotopic (exact) mass is 342 g/mol. The molecular formula is C15H26N4O3S. The molecule has 0 radical (unpaired) electrons. The van der Waals surface area contributed by atoms with E-state index in [1.54, 1.807) is 14.1 Å². The number of ether oxygens (including phenoxy) is 1. The zero-order chi connectivity index (χ0) is 17.0.